The topological polar surface area (TPSA) is 29.3 Å². The molecule has 1 fully saturated rings. The quantitative estimate of drug-likeness (QED) is 0.898. The van der Waals surface area contributed by atoms with Crippen molar-refractivity contribution in [3.05, 3.63) is 34.9 Å². The maximum atomic E-state index is 6.39. The molecule has 0 amide bonds. The molecule has 1 heterocycles. The molecular formula is C17H28N2. The van der Waals surface area contributed by atoms with Crippen molar-refractivity contribution in [2.45, 2.75) is 46.1 Å². The van der Waals surface area contributed by atoms with Crippen LogP contribution in [0.1, 0.15) is 48.9 Å². The molecule has 0 radical (unpaired) electrons. The van der Waals surface area contributed by atoms with Crippen molar-refractivity contribution < 1.29 is 0 Å². The Kier molecular flexibility index (Phi) is 5.00. The molecule has 1 aliphatic heterocycles. The molecule has 2 N–H and O–H groups in total. The van der Waals surface area contributed by atoms with Gasteiger partial charge < -0.3 is 10.6 Å². The van der Waals surface area contributed by atoms with Gasteiger partial charge in [-0.25, -0.2) is 0 Å². The molecule has 0 aromatic heterocycles. The van der Waals surface area contributed by atoms with Gasteiger partial charge in [-0.05, 0) is 51.3 Å². The molecule has 1 saturated heterocycles. The summed E-state index contributed by atoms with van der Waals surface area (Å²) in [5.74, 6) is 0.939. The fourth-order valence-electron chi connectivity index (χ4n) is 3.18. The minimum atomic E-state index is 0.150. The van der Waals surface area contributed by atoms with Crippen molar-refractivity contribution in [3.63, 3.8) is 0 Å². The van der Waals surface area contributed by atoms with Crippen LogP contribution in [0.15, 0.2) is 18.2 Å². The van der Waals surface area contributed by atoms with E-state index in [1.807, 2.05) is 0 Å². The summed E-state index contributed by atoms with van der Waals surface area (Å²) in [5.41, 5.74) is 10.3. The molecular weight excluding hydrogens is 232 g/mol. The van der Waals surface area contributed by atoms with E-state index in [2.05, 4.69) is 43.9 Å². The number of hydrogen-bond donors (Lipinski definition) is 1. The van der Waals surface area contributed by atoms with Crippen molar-refractivity contribution >= 4 is 0 Å². The van der Waals surface area contributed by atoms with E-state index in [0.29, 0.717) is 0 Å². The van der Waals surface area contributed by atoms with Gasteiger partial charge in [0.25, 0.3) is 0 Å². The van der Waals surface area contributed by atoms with Gasteiger partial charge >= 0.3 is 0 Å². The molecule has 2 nitrogen and oxygen atoms in total. The Morgan fingerprint density at radius 2 is 1.74 bits per heavy atom. The maximum absolute atomic E-state index is 6.39. The van der Waals surface area contributed by atoms with Crippen molar-refractivity contribution in [1.82, 2.24) is 4.90 Å². The van der Waals surface area contributed by atoms with Crippen molar-refractivity contribution in [3.8, 4) is 0 Å². The molecule has 0 aliphatic carbocycles. The maximum Gasteiger partial charge on any atom is 0.0424 e. The summed E-state index contributed by atoms with van der Waals surface area (Å²) < 4.78 is 0. The fraction of sp³-hybridized carbons (Fsp3) is 0.647. The lowest BCUT2D eigenvalue weighted by Crippen LogP contribution is -2.38. The van der Waals surface area contributed by atoms with Gasteiger partial charge in [0.1, 0.15) is 0 Å². The zero-order valence-electron chi connectivity index (χ0n) is 12.7. The molecule has 1 atom stereocenters. The van der Waals surface area contributed by atoms with Crippen LogP contribution in [0, 0.1) is 19.8 Å². The van der Waals surface area contributed by atoms with E-state index < -0.39 is 0 Å². The van der Waals surface area contributed by atoms with Crippen LogP contribution in [0.4, 0.5) is 0 Å². The van der Waals surface area contributed by atoms with Crippen LogP contribution >= 0.6 is 0 Å². The summed E-state index contributed by atoms with van der Waals surface area (Å²) in [6, 6.07) is 6.83. The van der Waals surface area contributed by atoms with E-state index in [-0.39, 0.29) is 6.04 Å². The summed E-state index contributed by atoms with van der Waals surface area (Å²) >= 11 is 0. The van der Waals surface area contributed by atoms with Crippen molar-refractivity contribution in [1.29, 1.82) is 0 Å². The van der Waals surface area contributed by atoms with E-state index in [1.165, 1.54) is 49.0 Å². The van der Waals surface area contributed by atoms with E-state index in [4.69, 9.17) is 5.73 Å². The Hall–Kier alpha value is -0.860. The van der Waals surface area contributed by atoms with Crippen LogP contribution < -0.4 is 5.73 Å². The molecule has 0 spiro atoms. The molecule has 19 heavy (non-hydrogen) atoms. The van der Waals surface area contributed by atoms with Crippen molar-refractivity contribution in [2.75, 3.05) is 19.6 Å². The smallest absolute Gasteiger partial charge is 0.0424 e. The number of likely N-dealkylation sites (tertiary alicyclic amines) is 1. The highest BCUT2D eigenvalue weighted by Crippen LogP contribution is 2.22. The molecule has 1 aromatic rings. The summed E-state index contributed by atoms with van der Waals surface area (Å²) in [6.07, 6.45) is 4.02. The number of benzene rings is 1. The van der Waals surface area contributed by atoms with Gasteiger partial charge in [-0.2, -0.15) is 0 Å². The number of nitrogens with two attached hydrogens (primary N) is 1. The van der Waals surface area contributed by atoms with Crippen LogP contribution in [0.25, 0.3) is 0 Å². The van der Waals surface area contributed by atoms with Crippen LogP contribution in [-0.2, 0) is 0 Å². The Balaban J connectivity index is 1.92. The zero-order valence-corrected chi connectivity index (χ0v) is 12.7. The van der Waals surface area contributed by atoms with Gasteiger partial charge in [0.15, 0.2) is 0 Å². The Morgan fingerprint density at radius 3 is 2.26 bits per heavy atom. The second kappa shape index (κ2) is 6.53. The highest BCUT2D eigenvalue weighted by molar-refractivity contribution is 5.30. The molecule has 1 aliphatic rings. The van der Waals surface area contributed by atoms with Crippen LogP contribution in [0.3, 0.4) is 0 Å². The Labute approximate surface area is 118 Å². The molecule has 2 rings (SSSR count). The highest BCUT2D eigenvalue weighted by atomic mass is 15.1. The summed E-state index contributed by atoms with van der Waals surface area (Å²) in [5, 5.41) is 0. The van der Waals surface area contributed by atoms with Gasteiger partial charge in [-0.3, -0.25) is 0 Å². The molecule has 1 unspecified atom stereocenters. The number of piperidine rings is 1. The molecule has 0 bridgehead atoms. The minimum Gasteiger partial charge on any atom is -0.323 e. The molecule has 1 aromatic carbocycles. The Morgan fingerprint density at radius 1 is 1.16 bits per heavy atom. The largest absolute Gasteiger partial charge is 0.323 e. The molecule has 2 heteroatoms. The van der Waals surface area contributed by atoms with Crippen LogP contribution in [-0.4, -0.2) is 24.5 Å². The van der Waals surface area contributed by atoms with Gasteiger partial charge in [0.2, 0.25) is 0 Å². The molecule has 0 saturated carbocycles. The number of nitrogens with zero attached hydrogens (tertiary/aromatic N) is 1. The SMILES string of the molecule is CCC1CCN(CC(N)c2cc(C)cc(C)c2)CC1. The second-order valence-electron chi connectivity index (χ2n) is 6.18. The normalized spacial score (nSPS) is 19.6. The zero-order chi connectivity index (χ0) is 13.8. The standard InChI is InChI=1S/C17H28N2/c1-4-15-5-7-19(8-6-15)12-17(18)16-10-13(2)9-14(3)11-16/h9-11,15,17H,4-8,12,18H2,1-3H3. The Bertz CT molecular complexity index is 385. The highest BCUT2D eigenvalue weighted by Gasteiger charge is 2.20. The van der Waals surface area contributed by atoms with Crippen molar-refractivity contribution in [2.24, 2.45) is 11.7 Å². The van der Waals surface area contributed by atoms with E-state index >= 15 is 0 Å². The molecule has 106 valence electrons. The van der Waals surface area contributed by atoms with Gasteiger partial charge in [0, 0.05) is 12.6 Å². The first kappa shape index (κ1) is 14.5. The summed E-state index contributed by atoms with van der Waals surface area (Å²) in [7, 11) is 0. The minimum absolute atomic E-state index is 0.150. The van der Waals surface area contributed by atoms with E-state index in [1.54, 1.807) is 0 Å². The summed E-state index contributed by atoms with van der Waals surface area (Å²) in [4.78, 5) is 2.54. The fourth-order valence-corrected chi connectivity index (χ4v) is 3.18. The van der Waals surface area contributed by atoms with Crippen LogP contribution in [0.5, 0.6) is 0 Å². The third-order valence-electron chi connectivity index (χ3n) is 4.41. The monoisotopic (exact) mass is 260 g/mol. The predicted molar refractivity (Wildman–Crippen MR) is 82.3 cm³/mol. The first-order valence-electron chi connectivity index (χ1n) is 7.64. The lowest BCUT2D eigenvalue weighted by molar-refractivity contribution is 0.173. The van der Waals surface area contributed by atoms with E-state index in [9.17, 15) is 0 Å². The first-order chi connectivity index (χ1) is 9.08. The number of rotatable bonds is 4. The number of hydrogen-bond acceptors (Lipinski definition) is 2. The van der Waals surface area contributed by atoms with Gasteiger partial charge in [-0.15, -0.1) is 0 Å². The van der Waals surface area contributed by atoms with E-state index in [0.717, 1.165) is 12.5 Å². The third kappa shape index (κ3) is 4.05. The lowest BCUT2D eigenvalue weighted by atomic mass is 9.93. The average Bonchev–Trinajstić information content (AvgIpc) is 2.38. The third-order valence-corrected chi connectivity index (χ3v) is 4.41. The van der Waals surface area contributed by atoms with Crippen LogP contribution in [0.2, 0.25) is 0 Å². The number of aryl methyl sites for hydroxylation is 2. The second-order valence-corrected chi connectivity index (χ2v) is 6.18. The van der Waals surface area contributed by atoms with Gasteiger partial charge in [0.05, 0.1) is 0 Å². The average molecular weight is 260 g/mol. The van der Waals surface area contributed by atoms with Gasteiger partial charge in [-0.1, -0.05) is 42.7 Å². The lowest BCUT2D eigenvalue weighted by Gasteiger charge is -2.33. The predicted octanol–water partition coefficient (Wildman–Crippen LogP) is 3.43. The first-order valence-corrected chi connectivity index (χ1v) is 7.64. The summed E-state index contributed by atoms with van der Waals surface area (Å²) in [6.45, 7) is 10.0.